The molecule has 1 aromatic heterocycles. The molecule has 2 rings (SSSR count). The highest BCUT2D eigenvalue weighted by Gasteiger charge is 2.11. The van der Waals surface area contributed by atoms with Gasteiger partial charge in [0, 0.05) is 26.4 Å². The summed E-state index contributed by atoms with van der Waals surface area (Å²) in [6, 6.07) is 5.75. The molecule has 0 atom stereocenters. The van der Waals surface area contributed by atoms with Gasteiger partial charge in [0.05, 0.1) is 10.7 Å². The third-order valence-electron chi connectivity index (χ3n) is 2.32. The summed E-state index contributed by atoms with van der Waals surface area (Å²) in [5, 5.41) is 6.35. The summed E-state index contributed by atoms with van der Waals surface area (Å²) in [7, 11) is 1.54. The molecular weight excluding hydrogens is 277 g/mol. The van der Waals surface area contributed by atoms with E-state index in [1.165, 1.54) is 7.11 Å². The smallest absolute Gasteiger partial charge is 0.106 e. The first-order chi connectivity index (χ1) is 8.11. The van der Waals surface area contributed by atoms with Gasteiger partial charge < -0.3 is 4.84 Å². The van der Waals surface area contributed by atoms with Crippen molar-refractivity contribution in [1.29, 1.82) is 0 Å². The molecule has 0 unspecified atom stereocenters. The molecule has 0 aliphatic heterocycles. The largest absolute Gasteiger partial charge is 0.399 e. The molecule has 0 saturated heterocycles. The van der Waals surface area contributed by atoms with Gasteiger partial charge >= 0.3 is 0 Å². The minimum Gasteiger partial charge on any atom is -0.399 e. The van der Waals surface area contributed by atoms with Gasteiger partial charge in [-0.25, -0.2) is 0 Å². The van der Waals surface area contributed by atoms with Crippen molar-refractivity contribution in [3.05, 3.63) is 33.1 Å². The van der Waals surface area contributed by atoms with Crippen LogP contribution in [0.3, 0.4) is 0 Å². The van der Waals surface area contributed by atoms with E-state index in [2.05, 4.69) is 5.16 Å². The van der Waals surface area contributed by atoms with Crippen LogP contribution in [0.25, 0.3) is 10.1 Å². The standard InChI is InChI=1S/C12H11Cl2NOS/c1-7(15-16-2)5-11-12(14)9-6-8(13)3-4-10(9)17-11/h3-4,6H,5H2,1-2H3. The Kier molecular flexibility index (Phi) is 3.92. The van der Waals surface area contributed by atoms with Crippen LogP contribution in [-0.2, 0) is 11.3 Å². The minimum absolute atomic E-state index is 0.698. The predicted molar refractivity (Wildman–Crippen MR) is 75.7 cm³/mol. The van der Waals surface area contributed by atoms with Gasteiger partial charge in [0.15, 0.2) is 0 Å². The van der Waals surface area contributed by atoms with E-state index in [-0.39, 0.29) is 0 Å². The van der Waals surface area contributed by atoms with Crippen molar-refractivity contribution in [2.75, 3.05) is 7.11 Å². The normalized spacial score (nSPS) is 12.1. The summed E-state index contributed by atoms with van der Waals surface area (Å²) >= 11 is 13.9. The molecular formula is C12H11Cl2NOS. The zero-order valence-corrected chi connectivity index (χ0v) is 11.8. The van der Waals surface area contributed by atoms with Crippen LogP contribution in [0.2, 0.25) is 10.0 Å². The number of fused-ring (bicyclic) bond motifs is 1. The topological polar surface area (TPSA) is 21.6 Å². The molecule has 0 fully saturated rings. The quantitative estimate of drug-likeness (QED) is 0.588. The van der Waals surface area contributed by atoms with E-state index in [1.807, 2.05) is 25.1 Å². The van der Waals surface area contributed by atoms with Gasteiger partial charge in [-0.05, 0) is 25.1 Å². The Hall–Kier alpha value is -0.770. The maximum Gasteiger partial charge on any atom is 0.106 e. The van der Waals surface area contributed by atoms with Crippen LogP contribution in [0.4, 0.5) is 0 Å². The van der Waals surface area contributed by atoms with Crippen LogP contribution in [0.15, 0.2) is 23.4 Å². The number of hydrogen-bond donors (Lipinski definition) is 0. The van der Waals surface area contributed by atoms with E-state index in [1.54, 1.807) is 11.3 Å². The number of rotatable bonds is 3. The molecule has 90 valence electrons. The van der Waals surface area contributed by atoms with Crippen molar-refractivity contribution in [3.8, 4) is 0 Å². The third kappa shape index (κ3) is 2.73. The number of benzene rings is 1. The predicted octanol–water partition coefficient (Wildman–Crippen LogP) is 4.77. The second-order valence-electron chi connectivity index (χ2n) is 3.67. The first-order valence-electron chi connectivity index (χ1n) is 5.05. The first-order valence-corrected chi connectivity index (χ1v) is 6.62. The van der Waals surface area contributed by atoms with E-state index in [0.29, 0.717) is 11.4 Å². The van der Waals surface area contributed by atoms with Crippen molar-refractivity contribution in [2.24, 2.45) is 5.16 Å². The highest BCUT2D eigenvalue weighted by molar-refractivity contribution is 7.19. The summed E-state index contributed by atoms with van der Waals surface area (Å²) in [4.78, 5) is 5.82. The molecule has 0 aliphatic carbocycles. The summed E-state index contributed by atoms with van der Waals surface area (Å²) in [5.74, 6) is 0. The Labute approximate surface area is 114 Å². The van der Waals surface area contributed by atoms with Crippen LogP contribution in [0.5, 0.6) is 0 Å². The molecule has 0 bridgehead atoms. The average molecular weight is 288 g/mol. The average Bonchev–Trinajstić information content (AvgIpc) is 2.57. The minimum atomic E-state index is 0.698. The molecule has 17 heavy (non-hydrogen) atoms. The zero-order valence-electron chi connectivity index (χ0n) is 9.46. The second-order valence-corrected chi connectivity index (χ2v) is 5.62. The lowest BCUT2D eigenvalue weighted by atomic mass is 10.2. The van der Waals surface area contributed by atoms with Gasteiger partial charge in [0.2, 0.25) is 0 Å². The number of oxime groups is 1. The third-order valence-corrected chi connectivity index (χ3v) is 4.27. The van der Waals surface area contributed by atoms with Gasteiger partial charge in [0.1, 0.15) is 7.11 Å². The summed E-state index contributed by atoms with van der Waals surface area (Å²) in [5.41, 5.74) is 0.895. The second kappa shape index (κ2) is 5.25. The molecule has 0 radical (unpaired) electrons. The van der Waals surface area contributed by atoms with Crippen molar-refractivity contribution < 1.29 is 4.84 Å². The molecule has 0 saturated carbocycles. The van der Waals surface area contributed by atoms with Crippen molar-refractivity contribution in [1.82, 2.24) is 0 Å². The Balaban J connectivity index is 2.42. The lowest BCUT2D eigenvalue weighted by molar-refractivity contribution is 0.212. The fourth-order valence-electron chi connectivity index (χ4n) is 1.62. The van der Waals surface area contributed by atoms with Crippen LogP contribution in [-0.4, -0.2) is 12.8 Å². The van der Waals surface area contributed by atoms with E-state index >= 15 is 0 Å². The van der Waals surface area contributed by atoms with Gasteiger partial charge in [-0.2, -0.15) is 0 Å². The number of nitrogens with zero attached hydrogens (tertiary/aromatic N) is 1. The Bertz CT molecular complexity index is 577. The molecule has 5 heteroatoms. The SMILES string of the molecule is CON=C(C)Cc1sc2ccc(Cl)cc2c1Cl. The summed E-state index contributed by atoms with van der Waals surface area (Å²) in [6.45, 7) is 1.91. The molecule has 0 spiro atoms. The fourth-order valence-corrected chi connectivity index (χ4v) is 3.34. The van der Waals surface area contributed by atoms with Crippen LogP contribution < -0.4 is 0 Å². The van der Waals surface area contributed by atoms with E-state index in [0.717, 1.165) is 25.7 Å². The number of hydrogen-bond acceptors (Lipinski definition) is 3. The van der Waals surface area contributed by atoms with E-state index in [4.69, 9.17) is 28.0 Å². The number of thiophene rings is 1. The molecule has 2 nitrogen and oxygen atoms in total. The van der Waals surface area contributed by atoms with Crippen LogP contribution in [0.1, 0.15) is 11.8 Å². The molecule has 1 heterocycles. The van der Waals surface area contributed by atoms with E-state index in [9.17, 15) is 0 Å². The van der Waals surface area contributed by atoms with Crippen LogP contribution >= 0.6 is 34.5 Å². The highest BCUT2D eigenvalue weighted by atomic mass is 35.5. The monoisotopic (exact) mass is 287 g/mol. The summed E-state index contributed by atoms with van der Waals surface area (Å²) in [6.07, 6.45) is 0.698. The van der Waals surface area contributed by atoms with Gasteiger partial charge in [-0.3, -0.25) is 0 Å². The van der Waals surface area contributed by atoms with Gasteiger partial charge in [-0.1, -0.05) is 28.4 Å². The van der Waals surface area contributed by atoms with Crippen LogP contribution in [0, 0.1) is 0 Å². The molecule has 1 aromatic carbocycles. The van der Waals surface area contributed by atoms with Crippen molar-refractivity contribution >= 4 is 50.3 Å². The maximum absolute atomic E-state index is 6.33. The van der Waals surface area contributed by atoms with E-state index < -0.39 is 0 Å². The van der Waals surface area contributed by atoms with Gasteiger partial charge in [0.25, 0.3) is 0 Å². The number of halogens is 2. The highest BCUT2D eigenvalue weighted by Crippen LogP contribution is 2.37. The molecule has 0 N–H and O–H groups in total. The Morgan fingerprint density at radius 1 is 1.41 bits per heavy atom. The van der Waals surface area contributed by atoms with Gasteiger partial charge in [-0.15, -0.1) is 11.3 Å². The fraction of sp³-hybridized carbons (Fsp3) is 0.250. The first kappa shape index (κ1) is 12.7. The van der Waals surface area contributed by atoms with Crippen molar-refractivity contribution in [3.63, 3.8) is 0 Å². The Morgan fingerprint density at radius 2 is 2.18 bits per heavy atom. The van der Waals surface area contributed by atoms with Crippen molar-refractivity contribution in [2.45, 2.75) is 13.3 Å². The molecule has 2 aromatic rings. The molecule has 0 amide bonds. The lowest BCUT2D eigenvalue weighted by Gasteiger charge is -1.97. The lowest BCUT2D eigenvalue weighted by Crippen LogP contribution is -1.96. The summed E-state index contributed by atoms with van der Waals surface area (Å²) < 4.78 is 1.14. The molecule has 0 aliphatic rings. The zero-order chi connectivity index (χ0) is 12.4. The maximum atomic E-state index is 6.33. The Morgan fingerprint density at radius 3 is 2.88 bits per heavy atom.